The first-order valence-electron chi connectivity index (χ1n) is 20.3. The van der Waals surface area contributed by atoms with Gasteiger partial charge in [0.2, 0.25) is 0 Å². The predicted octanol–water partition coefficient (Wildman–Crippen LogP) is 14.5. The Labute approximate surface area is 304 Å². The van der Waals surface area contributed by atoms with Gasteiger partial charge in [0.25, 0.3) is 0 Å². The summed E-state index contributed by atoms with van der Waals surface area (Å²) in [6, 6.07) is 17.9. The van der Waals surface area contributed by atoms with Gasteiger partial charge in [-0.25, -0.2) is 0 Å². The van der Waals surface area contributed by atoms with Crippen LogP contribution in [0.5, 0.6) is 11.5 Å². The van der Waals surface area contributed by atoms with Crippen molar-refractivity contribution in [3.8, 4) is 11.5 Å². The maximum absolute atomic E-state index is 7.44. The van der Waals surface area contributed by atoms with Crippen LogP contribution in [0.4, 0.5) is 0 Å². The Bertz CT molecular complexity index is 1080. The lowest BCUT2D eigenvalue weighted by molar-refractivity contribution is -0.107. The summed E-state index contributed by atoms with van der Waals surface area (Å²) in [5, 5.41) is 0. The van der Waals surface area contributed by atoms with E-state index in [0.29, 0.717) is 11.8 Å². The zero-order valence-corrected chi connectivity index (χ0v) is 32.0. The average Bonchev–Trinajstić information content (AvgIpc) is 3.12. The highest BCUT2D eigenvalue weighted by atomic mass is 35.5. The van der Waals surface area contributed by atoms with Gasteiger partial charge in [0.15, 0.2) is 0 Å². The van der Waals surface area contributed by atoms with E-state index in [1.807, 2.05) is 0 Å². The van der Waals surface area contributed by atoms with Crippen molar-refractivity contribution in [3.05, 3.63) is 59.7 Å². The highest BCUT2D eigenvalue weighted by molar-refractivity contribution is 6.50. The lowest BCUT2D eigenvalue weighted by Crippen LogP contribution is -2.66. The van der Waals surface area contributed by atoms with Crippen LogP contribution in [0.1, 0.15) is 184 Å². The average molecular weight is 698 g/mol. The third-order valence-electron chi connectivity index (χ3n) is 12.6. The highest BCUT2D eigenvalue weighted by Crippen LogP contribution is 2.77. The smallest absolute Gasteiger partial charge is 0.129 e. The fourth-order valence-corrected chi connectivity index (χ4v) is 10.5. The number of alkyl halides is 2. The Morgan fingerprint density at radius 1 is 0.500 bits per heavy atom. The number of halogens is 2. The standard InChI is InChI=1S/C44H66Cl2O2/c1-3-5-7-9-11-13-15-33-47-40-21-17-36(18-22-40)38-25-29-42(30-26-38)35-43(44(42,45)46)31-27-39(28-32-43)37-19-23-41(24-20-37)48-34-16-14-12-10-8-6-4-2/h17-24,38-39H,3-16,25-35H2,1-2H3. The van der Waals surface area contributed by atoms with E-state index in [2.05, 4.69) is 62.4 Å². The lowest BCUT2D eigenvalue weighted by Gasteiger charge is -2.69. The Hall–Kier alpha value is -1.38. The molecule has 48 heavy (non-hydrogen) atoms. The van der Waals surface area contributed by atoms with Crippen LogP contribution in [-0.4, -0.2) is 17.5 Å². The van der Waals surface area contributed by atoms with Gasteiger partial charge in [-0.15, -0.1) is 23.2 Å². The number of hydrogen-bond acceptors (Lipinski definition) is 2. The highest BCUT2D eigenvalue weighted by Gasteiger charge is 2.72. The molecule has 3 aliphatic carbocycles. The topological polar surface area (TPSA) is 18.5 Å². The second-order valence-electron chi connectivity index (χ2n) is 15.9. The van der Waals surface area contributed by atoms with Crippen LogP contribution in [0, 0.1) is 10.8 Å². The van der Waals surface area contributed by atoms with Crippen molar-refractivity contribution in [3.63, 3.8) is 0 Å². The zero-order valence-electron chi connectivity index (χ0n) is 30.5. The van der Waals surface area contributed by atoms with Gasteiger partial charge in [-0.1, -0.05) is 115 Å². The van der Waals surface area contributed by atoms with Crippen LogP contribution in [-0.2, 0) is 0 Å². The van der Waals surface area contributed by atoms with Crippen LogP contribution in [0.15, 0.2) is 48.5 Å². The molecule has 0 unspecified atom stereocenters. The van der Waals surface area contributed by atoms with Crippen molar-refractivity contribution in [2.24, 2.45) is 10.8 Å². The molecule has 2 spiro atoms. The van der Waals surface area contributed by atoms with Crippen LogP contribution in [0.2, 0.25) is 0 Å². The molecule has 0 heterocycles. The van der Waals surface area contributed by atoms with E-state index in [-0.39, 0.29) is 10.8 Å². The molecule has 0 aromatic heterocycles. The summed E-state index contributed by atoms with van der Waals surface area (Å²) in [6.45, 7) is 6.21. The van der Waals surface area contributed by atoms with Crippen molar-refractivity contribution in [1.82, 2.24) is 0 Å². The number of rotatable bonds is 20. The molecule has 0 bridgehead atoms. The monoisotopic (exact) mass is 696 g/mol. The summed E-state index contributed by atoms with van der Waals surface area (Å²) < 4.78 is 11.5. The Kier molecular flexibility index (Phi) is 14.8. The summed E-state index contributed by atoms with van der Waals surface area (Å²) >= 11 is 14.9. The van der Waals surface area contributed by atoms with Crippen molar-refractivity contribution >= 4 is 23.2 Å². The minimum Gasteiger partial charge on any atom is -0.494 e. The maximum atomic E-state index is 7.44. The van der Waals surface area contributed by atoms with Crippen LogP contribution >= 0.6 is 23.2 Å². The summed E-state index contributed by atoms with van der Waals surface area (Å²) in [5.74, 6) is 3.23. The molecule has 2 nitrogen and oxygen atoms in total. The largest absolute Gasteiger partial charge is 0.494 e. The van der Waals surface area contributed by atoms with Crippen molar-refractivity contribution in [2.75, 3.05) is 13.2 Å². The molecular formula is C44H66Cl2O2. The van der Waals surface area contributed by atoms with E-state index in [0.717, 1.165) is 63.2 Å². The van der Waals surface area contributed by atoms with Gasteiger partial charge >= 0.3 is 0 Å². The molecule has 0 N–H and O–H groups in total. The molecule has 0 amide bonds. The third-order valence-corrected chi connectivity index (χ3v) is 14.2. The molecule has 268 valence electrons. The number of unbranched alkanes of at least 4 members (excludes halogenated alkanes) is 12. The third kappa shape index (κ3) is 9.48. The molecule has 0 saturated heterocycles. The normalized spacial score (nSPS) is 26.4. The van der Waals surface area contributed by atoms with Gasteiger partial charge in [-0.05, 0) is 118 Å². The van der Waals surface area contributed by atoms with Crippen LogP contribution < -0.4 is 9.47 Å². The van der Waals surface area contributed by atoms with Gasteiger partial charge in [0.1, 0.15) is 15.8 Å². The SMILES string of the molecule is CCCCCCCCCOc1ccc(C2CCC3(CC2)CC2(CCC(c4ccc(OCCCCCCCCC)cc4)CC2)C3(Cl)Cl)cc1. The minimum absolute atomic E-state index is 0.0908. The van der Waals surface area contributed by atoms with Crippen LogP contribution in [0.3, 0.4) is 0 Å². The first-order valence-corrected chi connectivity index (χ1v) is 21.0. The molecule has 4 heteroatoms. The summed E-state index contributed by atoms with van der Waals surface area (Å²) in [4.78, 5) is 0. The van der Waals surface area contributed by atoms with Gasteiger partial charge in [-0.3, -0.25) is 0 Å². The second-order valence-corrected chi connectivity index (χ2v) is 17.3. The number of hydrogen-bond donors (Lipinski definition) is 0. The molecule has 5 rings (SSSR count). The van der Waals surface area contributed by atoms with Gasteiger partial charge in [0, 0.05) is 10.8 Å². The molecular weight excluding hydrogens is 631 g/mol. The minimum atomic E-state index is -0.600. The maximum Gasteiger partial charge on any atom is 0.129 e. The van der Waals surface area contributed by atoms with Crippen molar-refractivity contribution in [1.29, 1.82) is 0 Å². The molecule has 0 atom stereocenters. The lowest BCUT2D eigenvalue weighted by atomic mass is 9.43. The fraction of sp³-hybridized carbons (Fsp3) is 0.727. The van der Waals surface area contributed by atoms with E-state index in [4.69, 9.17) is 32.7 Å². The van der Waals surface area contributed by atoms with E-state index in [9.17, 15) is 0 Å². The van der Waals surface area contributed by atoms with E-state index in [1.165, 1.54) is 120 Å². The van der Waals surface area contributed by atoms with Gasteiger partial charge < -0.3 is 9.47 Å². The molecule has 3 fully saturated rings. The Morgan fingerprint density at radius 2 is 0.833 bits per heavy atom. The Balaban J connectivity index is 1.000. The van der Waals surface area contributed by atoms with Gasteiger partial charge in [0.05, 0.1) is 13.2 Å². The zero-order chi connectivity index (χ0) is 33.7. The predicted molar refractivity (Wildman–Crippen MR) is 206 cm³/mol. The molecule has 0 radical (unpaired) electrons. The van der Waals surface area contributed by atoms with E-state index < -0.39 is 4.33 Å². The van der Waals surface area contributed by atoms with Crippen molar-refractivity contribution < 1.29 is 9.47 Å². The Morgan fingerprint density at radius 3 is 1.17 bits per heavy atom. The summed E-state index contributed by atoms with van der Waals surface area (Å²) in [5.41, 5.74) is 3.08. The first-order chi connectivity index (χ1) is 23.4. The first kappa shape index (κ1) is 37.9. The second kappa shape index (κ2) is 18.7. The van der Waals surface area contributed by atoms with E-state index in [1.54, 1.807) is 0 Å². The van der Waals surface area contributed by atoms with E-state index >= 15 is 0 Å². The molecule has 2 aromatic rings. The van der Waals surface area contributed by atoms with Crippen LogP contribution in [0.25, 0.3) is 0 Å². The summed E-state index contributed by atoms with van der Waals surface area (Å²) in [7, 11) is 0. The molecule has 0 aliphatic heterocycles. The fourth-order valence-electron chi connectivity index (χ4n) is 9.49. The molecule has 3 aliphatic rings. The summed E-state index contributed by atoms with van der Waals surface area (Å²) in [6.07, 6.45) is 28.9. The van der Waals surface area contributed by atoms with Gasteiger partial charge in [-0.2, -0.15) is 0 Å². The number of ether oxygens (including phenoxy) is 2. The number of benzene rings is 2. The molecule has 2 aromatic carbocycles. The molecule has 3 saturated carbocycles. The van der Waals surface area contributed by atoms with Crippen molar-refractivity contribution in [2.45, 2.75) is 178 Å². The quantitative estimate of drug-likeness (QED) is 0.101.